The molecule has 0 spiro atoms. The van der Waals surface area contributed by atoms with Gasteiger partial charge in [0, 0.05) is 13.2 Å². The summed E-state index contributed by atoms with van der Waals surface area (Å²) in [4.78, 5) is 11.2. The molecule has 0 aliphatic rings. The number of aliphatic hydroxyl groups excluding tert-OH is 1. The minimum absolute atomic E-state index is 0.0202. The number of amides is 1. The van der Waals surface area contributed by atoms with Crippen LogP contribution in [0.3, 0.4) is 0 Å². The first-order valence-electron chi connectivity index (χ1n) is 4.21. The van der Waals surface area contributed by atoms with E-state index in [1.165, 1.54) is 0 Å². The highest BCUT2D eigenvalue weighted by Gasteiger charge is 2.01. The molecule has 13 heavy (non-hydrogen) atoms. The summed E-state index contributed by atoms with van der Waals surface area (Å²) in [5.41, 5.74) is 1.05. The van der Waals surface area contributed by atoms with Crippen LogP contribution in [0.4, 0.5) is 0 Å². The van der Waals surface area contributed by atoms with Crippen molar-refractivity contribution in [3.63, 3.8) is 0 Å². The maximum Gasteiger partial charge on any atom is 0.224 e. The number of hydrogen-bond donors (Lipinski definition) is 2. The highest BCUT2D eigenvalue weighted by molar-refractivity contribution is 7.07. The molecule has 0 unspecified atom stereocenters. The van der Waals surface area contributed by atoms with Gasteiger partial charge in [-0.2, -0.15) is 11.3 Å². The van der Waals surface area contributed by atoms with Crippen LogP contribution in [-0.4, -0.2) is 24.2 Å². The zero-order chi connectivity index (χ0) is 9.52. The maximum atomic E-state index is 11.2. The zero-order valence-electron chi connectivity index (χ0n) is 7.32. The average Bonchev–Trinajstić information content (AvgIpc) is 2.57. The highest BCUT2D eigenvalue weighted by atomic mass is 32.1. The molecule has 1 aromatic rings. The van der Waals surface area contributed by atoms with E-state index in [0.717, 1.165) is 5.56 Å². The third-order valence-electron chi connectivity index (χ3n) is 1.60. The summed E-state index contributed by atoms with van der Waals surface area (Å²) in [6, 6.07) is 1.94. The molecule has 0 aliphatic carbocycles. The van der Waals surface area contributed by atoms with Crippen molar-refractivity contribution in [1.82, 2.24) is 5.32 Å². The van der Waals surface area contributed by atoms with Crippen molar-refractivity contribution in [1.29, 1.82) is 0 Å². The minimum atomic E-state index is 0.0202. The number of rotatable bonds is 5. The fourth-order valence-corrected chi connectivity index (χ4v) is 1.62. The molecule has 0 saturated carbocycles. The lowest BCUT2D eigenvalue weighted by Gasteiger charge is -2.01. The van der Waals surface area contributed by atoms with E-state index in [0.29, 0.717) is 19.4 Å². The van der Waals surface area contributed by atoms with Gasteiger partial charge in [0.2, 0.25) is 5.91 Å². The van der Waals surface area contributed by atoms with Crippen LogP contribution < -0.4 is 5.32 Å². The van der Waals surface area contributed by atoms with E-state index in [-0.39, 0.29) is 12.5 Å². The van der Waals surface area contributed by atoms with E-state index in [1.54, 1.807) is 11.3 Å². The number of carbonyl (C=O) groups is 1. The molecule has 72 valence electrons. The lowest BCUT2D eigenvalue weighted by Crippen LogP contribution is -2.26. The molecule has 0 radical (unpaired) electrons. The van der Waals surface area contributed by atoms with Crippen LogP contribution >= 0.6 is 11.3 Å². The van der Waals surface area contributed by atoms with Crippen LogP contribution in [0.1, 0.15) is 12.0 Å². The maximum absolute atomic E-state index is 11.2. The van der Waals surface area contributed by atoms with Crippen molar-refractivity contribution >= 4 is 17.2 Å². The molecule has 0 bridgehead atoms. The van der Waals surface area contributed by atoms with Gasteiger partial charge in [0.15, 0.2) is 0 Å². The zero-order valence-corrected chi connectivity index (χ0v) is 8.14. The summed E-state index contributed by atoms with van der Waals surface area (Å²) < 4.78 is 0. The first kappa shape index (κ1) is 10.2. The molecule has 1 aromatic heterocycles. The average molecular weight is 199 g/mol. The van der Waals surface area contributed by atoms with E-state index in [2.05, 4.69) is 5.32 Å². The second-order valence-electron chi connectivity index (χ2n) is 2.74. The fourth-order valence-electron chi connectivity index (χ4n) is 0.948. The molecule has 1 heterocycles. The normalized spacial score (nSPS) is 9.92. The second-order valence-corrected chi connectivity index (χ2v) is 3.52. The molecule has 0 aliphatic heterocycles. The van der Waals surface area contributed by atoms with Gasteiger partial charge < -0.3 is 10.4 Å². The lowest BCUT2D eigenvalue weighted by molar-refractivity contribution is -0.120. The molecular formula is C9H13NO2S. The van der Waals surface area contributed by atoms with E-state index in [9.17, 15) is 4.79 Å². The van der Waals surface area contributed by atoms with Gasteiger partial charge in [-0.25, -0.2) is 0 Å². The SMILES string of the molecule is O=C(Cc1ccsc1)NCCCO. The Hall–Kier alpha value is -0.870. The second kappa shape index (κ2) is 5.72. The third kappa shape index (κ3) is 4.05. The van der Waals surface area contributed by atoms with Crippen LogP contribution in [0.25, 0.3) is 0 Å². The van der Waals surface area contributed by atoms with Crippen LogP contribution in [0, 0.1) is 0 Å². The van der Waals surface area contributed by atoms with Crippen LogP contribution in [0.15, 0.2) is 16.8 Å². The van der Waals surface area contributed by atoms with Gasteiger partial charge in [-0.15, -0.1) is 0 Å². The Morgan fingerprint density at radius 2 is 2.46 bits per heavy atom. The summed E-state index contributed by atoms with van der Waals surface area (Å²) in [6.07, 6.45) is 1.06. The van der Waals surface area contributed by atoms with Gasteiger partial charge in [-0.3, -0.25) is 4.79 Å². The van der Waals surface area contributed by atoms with Gasteiger partial charge in [-0.1, -0.05) is 0 Å². The van der Waals surface area contributed by atoms with Crippen molar-refractivity contribution in [3.8, 4) is 0 Å². The quantitative estimate of drug-likeness (QED) is 0.689. The van der Waals surface area contributed by atoms with Gasteiger partial charge in [-0.05, 0) is 28.8 Å². The van der Waals surface area contributed by atoms with Crippen molar-refractivity contribution in [2.75, 3.05) is 13.2 Å². The monoisotopic (exact) mass is 199 g/mol. The topological polar surface area (TPSA) is 49.3 Å². The standard InChI is InChI=1S/C9H13NO2S/c11-4-1-3-10-9(12)6-8-2-5-13-7-8/h2,5,7,11H,1,3-4,6H2,(H,10,12). The van der Waals surface area contributed by atoms with E-state index >= 15 is 0 Å². The van der Waals surface area contributed by atoms with Gasteiger partial charge in [0.05, 0.1) is 6.42 Å². The fraction of sp³-hybridized carbons (Fsp3) is 0.444. The Morgan fingerprint density at radius 1 is 1.62 bits per heavy atom. The van der Waals surface area contributed by atoms with Crippen molar-refractivity contribution in [2.24, 2.45) is 0 Å². The first-order valence-corrected chi connectivity index (χ1v) is 5.16. The number of hydrogen-bond acceptors (Lipinski definition) is 3. The molecule has 1 rings (SSSR count). The molecule has 0 aromatic carbocycles. The molecule has 0 saturated heterocycles. The van der Waals surface area contributed by atoms with Gasteiger partial charge in [0.1, 0.15) is 0 Å². The molecular weight excluding hydrogens is 186 g/mol. The van der Waals surface area contributed by atoms with Crippen molar-refractivity contribution < 1.29 is 9.90 Å². The number of nitrogens with one attached hydrogen (secondary N) is 1. The molecule has 3 nitrogen and oxygen atoms in total. The van der Waals surface area contributed by atoms with Crippen molar-refractivity contribution in [3.05, 3.63) is 22.4 Å². The molecule has 0 atom stereocenters. The molecule has 2 N–H and O–H groups in total. The third-order valence-corrected chi connectivity index (χ3v) is 2.33. The smallest absolute Gasteiger partial charge is 0.224 e. The minimum Gasteiger partial charge on any atom is -0.396 e. The number of thiophene rings is 1. The first-order chi connectivity index (χ1) is 6.33. The summed E-state index contributed by atoms with van der Waals surface area (Å²) in [5, 5.41) is 15.1. The van der Waals surface area contributed by atoms with E-state index in [1.807, 2.05) is 16.8 Å². The molecule has 4 heteroatoms. The van der Waals surface area contributed by atoms with Crippen LogP contribution in [-0.2, 0) is 11.2 Å². The largest absolute Gasteiger partial charge is 0.396 e. The molecule has 0 fully saturated rings. The summed E-state index contributed by atoms with van der Waals surface area (Å²) in [6.45, 7) is 0.679. The summed E-state index contributed by atoms with van der Waals surface area (Å²) in [5.74, 6) is 0.0202. The Morgan fingerprint density at radius 3 is 3.08 bits per heavy atom. The Balaban J connectivity index is 2.18. The summed E-state index contributed by atoms with van der Waals surface area (Å²) in [7, 11) is 0. The Labute approximate surface area is 81.4 Å². The summed E-state index contributed by atoms with van der Waals surface area (Å²) >= 11 is 1.59. The Bertz CT molecular complexity index is 246. The predicted octanol–water partition coefficient (Wildman–Crippen LogP) is 0.789. The van der Waals surface area contributed by atoms with E-state index in [4.69, 9.17) is 5.11 Å². The van der Waals surface area contributed by atoms with Crippen LogP contribution in [0.2, 0.25) is 0 Å². The van der Waals surface area contributed by atoms with Gasteiger partial charge >= 0.3 is 0 Å². The van der Waals surface area contributed by atoms with Crippen molar-refractivity contribution in [2.45, 2.75) is 12.8 Å². The molecule has 1 amide bonds. The number of aliphatic hydroxyl groups is 1. The number of carbonyl (C=O) groups excluding carboxylic acids is 1. The van der Waals surface area contributed by atoms with Gasteiger partial charge in [0.25, 0.3) is 0 Å². The Kier molecular flexibility index (Phi) is 4.49. The highest BCUT2D eigenvalue weighted by Crippen LogP contribution is 2.05. The van der Waals surface area contributed by atoms with Crippen LogP contribution in [0.5, 0.6) is 0 Å². The predicted molar refractivity (Wildman–Crippen MR) is 52.7 cm³/mol. The lowest BCUT2D eigenvalue weighted by atomic mass is 10.2. The van der Waals surface area contributed by atoms with E-state index < -0.39 is 0 Å².